The number of carboxylic acids is 1. The molecule has 0 aliphatic carbocycles. The van der Waals surface area contributed by atoms with Gasteiger partial charge in [-0.1, -0.05) is 78.9 Å². The summed E-state index contributed by atoms with van der Waals surface area (Å²) in [5, 5.41) is 25.0. The van der Waals surface area contributed by atoms with Crippen molar-refractivity contribution >= 4 is 28.9 Å². The average Bonchev–Trinajstić information content (AvgIpc) is 3.12. The van der Waals surface area contributed by atoms with Gasteiger partial charge in [-0.15, -0.1) is 0 Å². The van der Waals surface area contributed by atoms with Crippen LogP contribution in [0, 0.1) is 0 Å². The van der Waals surface area contributed by atoms with E-state index in [4.69, 9.17) is 9.99 Å². The second kappa shape index (κ2) is 15.6. The van der Waals surface area contributed by atoms with Gasteiger partial charge >= 0.3 is 5.97 Å². The van der Waals surface area contributed by atoms with E-state index < -0.39 is 11.9 Å². The zero-order valence-corrected chi connectivity index (χ0v) is 26.5. The number of hydrogen-bond acceptors (Lipinski definition) is 6. The third kappa shape index (κ3) is 8.78. The largest absolute Gasteiger partial charge is 0.478 e. The summed E-state index contributed by atoms with van der Waals surface area (Å²) in [7, 11) is 0. The molecule has 6 rings (SSSR count). The number of benzene rings is 6. The molecule has 244 valence electrons. The van der Waals surface area contributed by atoms with Crippen LogP contribution in [0.5, 0.6) is 11.5 Å². The smallest absolute Gasteiger partial charge is 0.336 e. The van der Waals surface area contributed by atoms with Crippen LogP contribution in [0.15, 0.2) is 146 Å². The van der Waals surface area contributed by atoms with E-state index in [0.717, 1.165) is 40.0 Å². The third-order valence-corrected chi connectivity index (χ3v) is 7.94. The number of anilines is 3. The van der Waals surface area contributed by atoms with E-state index >= 15 is 0 Å². The Morgan fingerprint density at radius 3 is 1.69 bits per heavy atom. The Bertz CT molecular complexity index is 2030. The predicted octanol–water partition coefficient (Wildman–Crippen LogP) is 9.34. The summed E-state index contributed by atoms with van der Waals surface area (Å²) >= 11 is 0. The van der Waals surface area contributed by atoms with E-state index in [2.05, 4.69) is 33.7 Å². The van der Waals surface area contributed by atoms with Gasteiger partial charge in [0, 0.05) is 22.6 Å². The van der Waals surface area contributed by atoms with E-state index in [1.807, 2.05) is 84.9 Å². The minimum absolute atomic E-state index is 0.0486. The Kier molecular flexibility index (Phi) is 10.4. The first-order chi connectivity index (χ1) is 23.9. The quantitative estimate of drug-likeness (QED) is 0.0727. The lowest BCUT2D eigenvalue weighted by Gasteiger charge is -2.14. The lowest BCUT2D eigenvalue weighted by Crippen LogP contribution is -2.17. The number of rotatable bonds is 13. The number of ether oxygens (including phenoxy) is 1. The highest BCUT2D eigenvalue weighted by Gasteiger charge is 2.18. The minimum Gasteiger partial charge on any atom is -0.478 e. The molecule has 0 saturated carbocycles. The van der Waals surface area contributed by atoms with Gasteiger partial charge in [-0.25, -0.2) is 9.68 Å². The predicted molar refractivity (Wildman–Crippen MR) is 190 cm³/mol. The summed E-state index contributed by atoms with van der Waals surface area (Å²) in [5.41, 5.74) is 7.21. The molecule has 8 heteroatoms. The van der Waals surface area contributed by atoms with Crippen LogP contribution in [0.3, 0.4) is 0 Å². The lowest BCUT2D eigenvalue weighted by molar-refractivity contribution is -0.252. The van der Waals surface area contributed by atoms with E-state index in [1.54, 1.807) is 36.4 Å². The number of carbonyl (C=O) groups excluding carboxylic acids is 1. The molecule has 0 spiro atoms. The molecular formula is C41H34N2O6. The Labute approximate surface area is 284 Å². The molecule has 0 saturated heterocycles. The molecule has 0 heterocycles. The monoisotopic (exact) mass is 650 g/mol. The molecule has 6 aromatic rings. The van der Waals surface area contributed by atoms with Gasteiger partial charge in [-0.05, 0) is 102 Å². The maximum atomic E-state index is 13.2. The summed E-state index contributed by atoms with van der Waals surface area (Å²) in [5.74, 6) is -0.507. The van der Waals surface area contributed by atoms with Gasteiger partial charge in [0.2, 0.25) is 0 Å². The SMILES string of the molecule is O=C(O)c1ccc(Cc2ccccc2)cc1C(=O)Nc1ccc(Oc2ccc(Nc3cc(Cc4ccccc4)ccc3COO)cc2)cc1. The van der Waals surface area contributed by atoms with Crippen molar-refractivity contribution in [2.45, 2.75) is 19.4 Å². The van der Waals surface area contributed by atoms with Crippen molar-refractivity contribution in [1.82, 2.24) is 0 Å². The lowest BCUT2D eigenvalue weighted by atomic mass is 9.98. The molecule has 0 unspecified atom stereocenters. The molecule has 0 aliphatic rings. The van der Waals surface area contributed by atoms with Gasteiger partial charge in [0.1, 0.15) is 18.1 Å². The highest BCUT2D eigenvalue weighted by molar-refractivity contribution is 6.10. The van der Waals surface area contributed by atoms with Gasteiger partial charge in [0.15, 0.2) is 0 Å². The van der Waals surface area contributed by atoms with Gasteiger partial charge in [-0.2, -0.15) is 0 Å². The highest BCUT2D eigenvalue weighted by atomic mass is 17.1. The number of hydrogen-bond donors (Lipinski definition) is 4. The molecule has 0 bridgehead atoms. The first kappa shape index (κ1) is 32.7. The molecule has 0 atom stereocenters. The molecule has 0 aromatic heterocycles. The third-order valence-electron chi connectivity index (χ3n) is 7.94. The van der Waals surface area contributed by atoms with E-state index in [-0.39, 0.29) is 17.7 Å². The molecule has 49 heavy (non-hydrogen) atoms. The number of nitrogens with one attached hydrogen (secondary N) is 2. The van der Waals surface area contributed by atoms with Crippen molar-refractivity contribution in [1.29, 1.82) is 0 Å². The first-order valence-corrected chi connectivity index (χ1v) is 15.7. The second-order valence-corrected chi connectivity index (χ2v) is 11.5. The standard InChI is InChI=1S/C41H34N2O6/c44-40(38-25-30(12-22-37(38)41(45)46)23-28-7-3-1-4-8-28)43-34-16-20-36(21-17-34)49-35-18-14-33(15-19-35)42-39-26-31(11-13-32(39)27-48-47)24-29-9-5-2-6-10-29/h1-22,25-26,42,47H,23-24,27H2,(H,43,44)(H,45,46). The van der Waals surface area contributed by atoms with E-state index in [0.29, 0.717) is 23.6 Å². The van der Waals surface area contributed by atoms with Gasteiger partial charge < -0.3 is 20.5 Å². The summed E-state index contributed by atoms with van der Waals surface area (Å²) in [6.45, 7) is 0.0486. The Morgan fingerprint density at radius 2 is 1.12 bits per heavy atom. The fourth-order valence-electron chi connectivity index (χ4n) is 5.49. The van der Waals surface area contributed by atoms with Crippen molar-refractivity contribution in [3.05, 3.63) is 185 Å². The normalized spacial score (nSPS) is 10.7. The molecule has 0 aliphatic heterocycles. The van der Waals surface area contributed by atoms with E-state index in [1.165, 1.54) is 11.6 Å². The summed E-state index contributed by atoms with van der Waals surface area (Å²) in [6.07, 6.45) is 1.35. The number of amides is 1. The van der Waals surface area contributed by atoms with Crippen molar-refractivity contribution in [3.63, 3.8) is 0 Å². The van der Waals surface area contributed by atoms with Crippen molar-refractivity contribution in [2.75, 3.05) is 10.6 Å². The van der Waals surface area contributed by atoms with Gasteiger partial charge in [0.25, 0.3) is 5.91 Å². The fourth-order valence-corrected chi connectivity index (χ4v) is 5.49. The van der Waals surface area contributed by atoms with Crippen molar-refractivity contribution < 1.29 is 29.6 Å². The zero-order chi connectivity index (χ0) is 34.0. The second-order valence-electron chi connectivity index (χ2n) is 11.5. The zero-order valence-electron chi connectivity index (χ0n) is 26.5. The Morgan fingerprint density at radius 1 is 0.571 bits per heavy atom. The summed E-state index contributed by atoms with van der Waals surface area (Å²) in [4.78, 5) is 29.5. The summed E-state index contributed by atoms with van der Waals surface area (Å²) < 4.78 is 6.03. The average molecular weight is 651 g/mol. The van der Waals surface area contributed by atoms with Crippen LogP contribution < -0.4 is 15.4 Å². The van der Waals surface area contributed by atoms with Crippen LogP contribution in [0.25, 0.3) is 0 Å². The number of carbonyl (C=O) groups is 2. The summed E-state index contributed by atoms with van der Waals surface area (Å²) in [6, 6.07) is 45.1. The number of aromatic carboxylic acids is 1. The molecule has 0 radical (unpaired) electrons. The van der Waals surface area contributed by atoms with Crippen LogP contribution in [0.2, 0.25) is 0 Å². The maximum absolute atomic E-state index is 13.2. The number of carboxylic acid groups (broad SMARTS) is 1. The molecule has 4 N–H and O–H groups in total. The van der Waals surface area contributed by atoms with Gasteiger partial charge in [0.05, 0.1) is 11.1 Å². The topological polar surface area (TPSA) is 117 Å². The molecular weight excluding hydrogens is 616 g/mol. The van der Waals surface area contributed by atoms with Crippen LogP contribution in [-0.4, -0.2) is 22.2 Å². The molecule has 1 amide bonds. The van der Waals surface area contributed by atoms with Crippen LogP contribution in [-0.2, 0) is 24.3 Å². The van der Waals surface area contributed by atoms with Crippen LogP contribution in [0.1, 0.15) is 48.5 Å². The highest BCUT2D eigenvalue weighted by Crippen LogP contribution is 2.29. The van der Waals surface area contributed by atoms with E-state index in [9.17, 15) is 14.7 Å². The Balaban J connectivity index is 1.09. The van der Waals surface area contributed by atoms with Crippen molar-refractivity contribution in [2.24, 2.45) is 0 Å². The molecule has 0 fully saturated rings. The van der Waals surface area contributed by atoms with Crippen molar-refractivity contribution in [3.8, 4) is 11.5 Å². The van der Waals surface area contributed by atoms with Crippen LogP contribution >= 0.6 is 0 Å². The Hall–Kier alpha value is -6.22. The fraction of sp³-hybridized carbons (Fsp3) is 0.0732. The van der Waals surface area contributed by atoms with Crippen LogP contribution in [0.4, 0.5) is 17.1 Å². The maximum Gasteiger partial charge on any atom is 0.336 e. The molecule has 8 nitrogen and oxygen atoms in total. The first-order valence-electron chi connectivity index (χ1n) is 15.7. The van der Waals surface area contributed by atoms with Gasteiger partial charge in [-0.3, -0.25) is 10.1 Å². The molecule has 6 aromatic carbocycles. The minimum atomic E-state index is -1.17.